The third-order valence-electron chi connectivity index (χ3n) is 3.50. The fourth-order valence-electron chi connectivity index (χ4n) is 2.65. The molecule has 0 aliphatic heterocycles. The highest BCUT2D eigenvalue weighted by Crippen LogP contribution is 2.36. The van der Waals surface area contributed by atoms with E-state index in [1.54, 1.807) is 10.4 Å². The van der Waals surface area contributed by atoms with Crippen molar-refractivity contribution >= 4 is 11.3 Å². The van der Waals surface area contributed by atoms with Gasteiger partial charge in [0.25, 0.3) is 0 Å². The quantitative estimate of drug-likeness (QED) is 0.904. The third kappa shape index (κ3) is 2.13. The summed E-state index contributed by atoms with van der Waals surface area (Å²) >= 11 is 1.95. The zero-order valence-electron chi connectivity index (χ0n) is 11.0. The van der Waals surface area contributed by atoms with Gasteiger partial charge in [0.05, 0.1) is 0 Å². The summed E-state index contributed by atoms with van der Waals surface area (Å²) in [5.74, 6) is 2.02. The van der Waals surface area contributed by atoms with Crippen molar-refractivity contribution in [3.05, 3.63) is 45.0 Å². The van der Waals surface area contributed by atoms with E-state index in [1.807, 2.05) is 24.3 Å². The molecule has 1 aliphatic carbocycles. The fraction of sp³-hybridized carbons (Fsp3) is 0.467. The number of furan rings is 1. The molecule has 2 nitrogen and oxygen atoms in total. The first-order valence-electron chi connectivity index (χ1n) is 6.69. The molecule has 2 aromatic rings. The predicted molar refractivity (Wildman–Crippen MR) is 75.3 cm³/mol. The van der Waals surface area contributed by atoms with Gasteiger partial charge in [-0.15, -0.1) is 11.3 Å². The van der Waals surface area contributed by atoms with Crippen molar-refractivity contribution in [3.8, 4) is 0 Å². The molecule has 96 valence electrons. The number of thiophene rings is 1. The van der Waals surface area contributed by atoms with Crippen LogP contribution >= 0.6 is 11.3 Å². The Morgan fingerprint density at radius 3 is 2.94 bits per heavy atom. The fourth-order valence-corrected chi connectivity index (χ4v) is 3.99. The van der Waals surface area contributed by atoms with E-state index in [9.17, 15) is 0 Å². The summed E-state index contributed by atoms with van der Waals surface area (Å²) in [6.45, 7) is 5.10. The zero-order chi connectivity index (χ0) is 12.5. The first kappa shape index (κ1) is 12.0. The highest BCUT2D eigenvalue weighted by atomic mass is 32.1. The first-order valence-corrected chi connectivity index (χ1v) is 7.50. The predicted octanol–water partition coefficient (Wildman–Crippen LogP) is 3.84. The third-order valence-corrected chi connectivity index (χ3v) is 4.81. The van der Waals surface area contributed by atoms with Gasteiger partial charge < -0.3 is 9.73 Å². The van der Waals surface area contributed by atoms with Crippen LogP contribution in [0.3, 0.4) is 0 Å². The molecule has 1 unspecified atom stereocenters. The second-order valence-electron chi connectivity index (χ2n) is 4.89. The molecule has 2 heterocycles. The maximum Gasteiger partial charge on any atom is 0.126 e. The summed E-state index contributed by atoms with van der Waals surface area (Å²) in [5, 5.41) is 3.53. The van der Waals surface area contributed by atoms with Gasteiger partial charge in [0.1, 0.15) is 17.6 Å². The van der Waals surface area contributed by atoms with Gasteiger partial charge in [-0.25, -0.2) is 0 Å². The molecule has 0 spiro atoms. The van der Waals surface area contributed by atoms with Crippen molar-refractivity contribution in [1.82, 2.24) is 5.32 Å². The van der Waals surface area contributed by atoms with Gasteiger partial charge in [-0.2, -0.15) is 0 Å². The summed E-state index contributed by atoms with van der Waals surface area (Å²) in [4.78, 5) is 2.98. The molecule has 0 aromatic carbocycles. The smallest absolute Gasteiger partial charge is 0.126 e. The molecule has 18 heavy (non-hydrogen) atoms. The van der Waals surface area contributed by atoms with Crippen LogP contribution in [0.2, 0.25) is 0 Å². The second kappa shape index (κ2) is 4.90. The van der Waals surface area contributed by atoms with Crippen LogP contribution in [0, 0.1) is 6.92 Å². The highest BCUT2D eigenvalue weighted by molar-refractivity contribution is 7.12. The Kier molecular flexibility index (Phi) is 3.27. The van der Waals surface area contributed by atoms with Gasteiger partial charge in [-0.1, -0.05) is 6.92 Å². The first-order chi connectivity index (χ1) is 8.78. The molecule has 1 atom stereocenters. The molecule has 1 N–H and O–H groups in total. The average Bonchev–Trinajstić information content (AvgIpc) is 3.00. The Hall–Kier alpha value is -1.06. The van der Waals surface area contributed by atoms with E-state index >= 15 is 0 Å². The lowest BCUT2D eigenvalue weighted by atomic mass is 10.1. The van der Waals surface area contributed by atoms with Crippen LogP contribution in [0.1, 0.15) is 46.2 Å². The Morgan fingerprint density at radius 2 is 2.28 bits per heavy atom. The van der Waals surface area contributed by atoms with Gasteiger partial charge in [-0.05, 0) is 56.5 Å². The Balaban J connectivity index is 1.93. The maximum atomic E-state index is 5.80. The molecule has 0 saturated heterocycles. The number of rotatable bonds is 4. The summed E-state index contributed by atoms with van der Waals surface area (Å²) in [6.07, 6.45) is 3.84. The van der Waals surface area contributed by atoms with E-state index in [0.29, 0.717) is 0 Å². The number of nitrogens with one attached hydrogen (secondary N) is 1. The number of aryl methyl sites for hydroxylation is 3. The lowest BCUT2D eigenvalue weighted by Gasteiger charge is -2.13. The van der Waals surface area contributed by atoms with Crippen LogP contribution in [0.25, 0.3) is 0 Å². The number of fused-ring (bicyclic) bond motifs is 1. The van der Waals surface area contributed by atoms with Crippen molar-refractivity contribution in [2.45, 2.75) is 39.2 Å². The van der Waals surface area contributed by atoms with Crippen molar-refractivity contribution in [3.63, 3.8) is 0 Å². The van der Waals surface area contributed by atoms with E-state index in [-0.39, 0.29) is 6.04 Å². The van der Waals surface area contributed by atoms with Gasteiger partial charge in [0, 0.05) is 9.75 Å². The van der Waals surface area contributed by atoms with E-state index in [4.69, 9.17) is 4.42 Å². The van der Waals surface area contributed by atoms with Crippen molar-refractivity contribution in [2.24, 2.45) is 0 Å². The van der Waals surface area contributed by atoms with Crippen LogP contribution in [0.4, 0.5) is 0 Å². The van der Waals surface area contributed by atoms with E-state index in [0.717, 1.165) is 18.1 Å². The van der Waals surface area contributed by atoms with Crippen LogP contribution < -0.4 is 5.32 Å². The minimum atomic E-state index is 0.222. The maximum absolute atomic E-state index is 5.80. The van der Waals surface area contributed by atoms with E-state index in [2.05, 4.69) is 24.4 Å². The molecule has 0 bridgehead atoms. The number of hydrogen-bond donors (Lipinski definition) is 1. The van der Waals surface area contributed by atoms with Crippen LogP contribution in [-0.4, -0.2) is 6.54 Å². The van der Waals surface area contributed by atoms with Crippen molar-refractivity contribution < 1.29 is 4.42 Å². The number of hydrogen-bond acceptors (Lipinski definition) is 3. The Bertz CT molecular complexity index is 519. The Labute approximate surface area is 112 Å². The normalized spacial score (nSPS) is 15.9. The van der Waals surface area contributed by atoms with Gasteiger partial charge >= 0.3 is 0 Å². The molecule has 3 rings (SSSR count). The summed E-state index contributed by atoms with van der Waals surface area (Å²) in [5.41, 5.74) is 1.56. The van der Waals surface area contributed by atoms with Gasteiger partial charge in [-0.3, -0.25) is 0 Å². The summed E-state index contributed by atoms with van der Waals surface area (Å²) in [7, 11) is 0. The molecule has 0 fully saturated rings. The average molecular weight is 261 g/mol. The van der Waals surface area contributed by atoms with Crippen molar-refractivity contribution in [1.29, 1.82) is 0 Å². The minimum absolute atomic E-state index is 0.222. The molecule has 2 aromatic heterocycles. The highest BCUT2D eigenvalue weighted by Gasteiger charge is 2.22. The van der Waals surface area contributed by atoms with Crippen molar-refractivity contribution in [2.75, 3.05) is 6.54 Å². The summed E-state index contributed by atoms with van der Waals surface area (Å²) in [6, 6.07) is 6.73. The molecule has 1 aliphatic rings. The SMILES string of the molecule is CCNC(c1ccc(C)o1)c1cc2c(s1)CCC2. The van der Waals surface area contributed by atoms with E-state index < -0.39 is 0 Å². The Morgan fingerprint density at radius 1 is 1.39 bits per heavy atom. The molecular weight excluding hydrogens is 242 g/mol. The molecule has 3 heteroatoms. The lowest BCUT2D eigenvalue weighted by molar-refractivity contribution is 0.437. The van der Waals surface area contributed by atoms with Crippen LogP contribution in [0.15, 0.2) is 22.6 Å². The largest absolute Gasteiger partial charge is 0.464 e. The molecular formula is C15H19NOS. The molecule has 0 amide bonds. The second-order valence-corrected chi connectivity index (χ2v) is 6.06. The summed E-state index contributed by atoms with van der Waals surface area (Å²) < 4.78 is 5.80. The topological polar surface area (TPSA) is 25.2 Å². The standard InChI is InChI=1S/C15H19NOS/c1-3-16-15(12-8-7-10(2)17-12)14-9-11-5-4-6-13(11)18-14/h7-9,15-16H,3-6H2,1-2H3. The van der Waals surface area contributed by atoms with Crippen LogP contribution in [-0.2, 0) is 12.8 Å². The van der Waals surface area contributed by atoms with Crippen LogP contribution in [0.5, 0.6) is 0 Å². The lowest BCUT2D eigenvalue weighted by Crippen LogP contribution is -2.20. The monoisotopic (exact) mass is 261 g/mol. The molecule has 0 radical (unpaired) electrons. The zero-order valence-corrected chi connectivity index (χ0v) is 11.8. The van der Waals surface area contributed by atoms with Gasteiger partial charge in [0.15, 0.2) is 0 Å². The minimum Gasteiger partial charge on any atom is -0.464 e. The van der Waals surface area contributed by atoms with Gasteiger partial charge in [0.2, 0.25) is 0 Å². The molecule has 0 saturated carbocycles. The van der Waals surface area contributed by atoms with E-state index in [1.165, 1.54) is 24.1 Å².